The van der Waals surface area contributed by atoms with E-state index in [2.05, 4.69) is 63.6 Å². The number of H-pyrrole nitrogens is 2. The fourth-order valence-electron chi connectivity index (χ4n) is 7.49. The monoisotopic (exact) mass is 846 g/mol. The second-order valence-electron chi connectivity index (χ2n) is 13.9. The van der Waals surface area contributed by atoms with Gasteiger partial charge in [0.25, 0.3) is 0 Å². The first-order valence-corrected chi connectivity index (χ1v) is 20.9. The Morgan fingerprint density at radius 2 is 1.41 bits per heavy atom. The molecule has 1 aliphatic heterocycles. The van der Waals surface area contributed by atoms with Crippen molar-refractivity contribution >= 4 is 96.9 Å². The van der Waals surface area contributed by atoms with Crippen LogP contribution in [-0.2, 0) is 6.42 Å². The molecule has 1 aliphatic rings. The van der Waals surface area contributed by atoms with Gasteiger partial charge in [-0.3, -0.25) is 14.5 Å². The Bertz CT molecular complexity index is 2990. The van der Waals surface area contributed by atoms with Crippen LogP contribution in [0.25, 0.3) is 50.2 Å². The average Bonchev–Trinajstić information content (AvgIpc) is 3.98. The molecule has 290 valence electrons. The predicted octanol–water partition coefficient (Wildman–Crippen LogP) is 7.22. The number of nitrogens with zero attached hydrogens (tertiary/aromatic N) is 13. The lowest BCUT2D eigenvalue weighted by atomic mass is 9.81. The highest BCUT2D eigenvalue weighted by molar-refractivity contribution is 7.99. The van der Waals surface area contributed by atoms with Gasteiger partial charge < -0.3 is 20.6 Å². The Morgan fingerprint density at radius 1 is 0.793 bits per heavy atom. The number of fused-ring (bicyclic) bond motifs is 4. The second-order valence-corrected chi connectivity index (χ2v) is 16.7. The Morgan fingerprint density at radius 3 is 2.05 bits per heavy atom. The van der Waals surface area contributed by atoms with E-state index in [0.717, 1.165) is 38.8 Å². The zero-order valence-electron chi connectivity index (χ0n) is 30.9. The quantitative estimate of drug-likeness (QED) is 0.123. The number of hydrogen-bond acceptors (Lipinski definition) is 15. The molecule has 1 fully saturated rings. The van der Waals surface area contributed by atoms with E-state index in [9.17, 15) is 0 Å². The molecule has 0 amide bonds. The SMILES string of the molecule is CCc1[nH]c2nc(Sc3cnc4nccnc4c3)nc(N3CCC(N)C(C(C)c4[nH]c5nc(Sc6cnc7nccnc7c6)nc(-n6ccnc6)c5c4Cl)C3)c2c1Cl. The van der Waals surface area contributed by atoms with E-state index in [1.54, 1.807) is 49.7 Å². The summed E-state index contributed by atoms with van der Waals surface area (Å²) in [6, 6.07) is 3.74. The lowest BCUT2D eigenvalue weighted by Crippen LogP contribution is -2.49. The van der Waals surface area contributed by atoms with Crippen LogP contribution in [0.2, 0.25) is 10.0 Å². The first kappa shape index (κ1) is 36.8. The lowest BCUT2D eigenvalue weighted by molar-refractivity contribution is 0.312. The lowest BCUT2D eigenvalue weighted by Gasteiger charge is -2.40. The Kier molecular flexibility index (Phi) is 9.52. The van der Waals surface area contributed by atoms with Gasteiger partial charge >= 0.3 is 0 Å². The molecular weight excluding hydrogens is 816 g/mol. The van der Waals surface area contributed by atoms with Crippen molar-refractivity contribution in [2.45, 2.75) is 58.8 Å². The third-order valence-electron chi connectivity index (χ3n) is 10.4. The smallest absolute Gasteiger partial charge is 0.196 e. The third kappa shape index (κ3) is 6.63. The topological polar surface area (TPSA) is 208 Å². The van der Waals surface area contributed by atoms with Crippen LogP contribution in [0.4, 0.5) is 5.82 Å². The maximum Gasteiger partial charge on any atom is 0.196 e. The minimum absolute atomic E-state index is 0.0321. The van der Waals surface area contributed by atoms with Crippen LogP contribution in [0.3, 0.4) is 0 Å². The molecule has 0 bridgehead atoms. The molecule has 20 heteroatoms. The Labute approximate surface area is 348 Å². The number of aromatic amines is 2. The number of rotatable bonds is 9. The fraction of sp³-hybridized carbons (Fsp3) is 0.237. The van der Waals surface area contributed by atoms with Crippen molar-refractivity contribution in [3.8, 4) is 5.82 Å². The molecule has 10 heterocycles. The Balaban J connectivity index is 0.999. The summed E-state index contributed by atoms with van der Waals surface area (Å²) < 4.78 is 1.84. The van der Waals surface area contributed by atoms with E-state index >= 15 is 0 Å². The standard InChI is InChI=1S/C38H32Cl2N16S2/c1-3-23-28(39)26-33(49-23)51-37(57-19-12-24-31(47-14-19)45-7-5-43-24)53-35(26)55-10-4-22(41)21(16-55)18(2)30-29(40)27-34(50-30)52-38(54-36(27)56-11-9-42-17-56)58-20-13-25-32(48-15-20)46-8-6-44-25/h5-9,11-15,17-18,21-22H,3-4,10,16,41H2,1-2H3,(H,49,51,53)(H,50,52,54). The summed E-state index contributed by atoms with van der Waals surface area (Å²) in [6.45, 7) is 5.49. The first-order chi connectivity index (χ1) is 28.3. The van der Waals surface area contributed by atoms with Crippen molar-refractivity contribution in [1.29, 1.82) is 0 Å². The van der Waals surface area contributed by atoms with E-state index in [1.165, 1.54) is 23.5 Å². The summed E-state index contributed by atoms with van der Waals surface area (Å²) in [5.74, 6) is 1.20. The molecule has 58 heavy (non-hydrogen) atoms. The molecular formula is C38H32Cl2N16S2. The number of piperidine rings is 1. The van der Waals surface area contributed by atoms with Crippen LogP contribution in [0.1, 0.15) is 37.6 Å². The van der Waals surface area contributed by atoms with Gasteiger partial charge in [-0.05, 0) is 54.4 Å². The number of nitrogens with two attached hydrogens (primary N) is 1. The molecule has 3 unspecified atom stereocenters. The zero-order valence-corrected chi connectivity index (χ0v) is 34.0. The zero-order chi connectivity index (χ0) is 39.5. The van der Waals surface area contributed by atoms with E-state index in [-0.39, 0.29) is 17.9 Å². The molecule has 0 aromatic carbocycles. The van der Waals surface area contributed by atoms with Crippen molar-refractivity contribution in [2.75, 3.05) is 18.0 Å². The van der Waals surface area contributed by atoms with Crippen LogP contribution >= 0.6 is 46.7 Å². The molecule has 9 aromatic rings. The number of anilines is 1. The van der Waals surface area contributed by atoms with Gasteiger partial charge in [0.1, 0.15) is 34.5 Å². The van der Waals surface area contributed by atoms with Crippen LogP contribution < -0.4 is 10.6 Å². The van der Waals surface area contributed by atoms with Gasteiger partial charge in [0.2, 0.25) is 0 Å². The minimum atomic E-state index is -0.119. The maximum absolute atomic E-state index is 7.33. The Hall–Kier alpha value is -5.53. The van der Waals surface area contributed by atoms with Gasteiger partial charge in [-0.1, -0.05) is 37.0 Å². The average molecular weight is 848 g/mol. The number of halogens is 2. The molecule has 0 spiro atoms. The minimum Gasteiger partial charge on any atom is -0.355 e. The highest BCUT2D eigenvalue weighted by Gasteiger charge is 2.36. The molecule has 16 nitrogen and oxygen atoms in total. The molecule has 1 saturated heterocycles. The number of pyridine rings is 2. The summed E-state index contributed by atoms with van der Waals surface area (Å²) >= 11 is 17.2. The molecule has 0 radical (unpaired) electrons. The van der Waals surface area contributed by atoms with Gasteiger partial charge in [-0.15, -0.1) is 0 Å². The van der Waals surface area contributed by atoms with Gasteiger partial charge in [-0.2, -0.15) is 0 Å². The third-order valence-corrected chi connectivity index (χ3v) is 12.9. The summed E-state index contributed by atoms with van der Waals surface area (Å²) in [5.41, 5.74) is 12.5. The highest BCUT2D eigenvalue weighted by atomic mass is 35.5. The van der Waals surface area contributed by atoms with E-state index < -0.39 is 0 Å². The molecule has 3 atom stereocenters. The van der Waals surface area contributed by atoms with Gasteiger partial charge in [0.15, 0.2) is 27.4 Å². The predicted molar refractivity (Wildman–Crippen MR) is 224 cm³/mol. The van der Waals surface area contributed by atoms with Gasteiger partial charge in [0.05, 0.1) is 20.8 Å². The number of aromatic nitrogens is 14. The largest absolute Gasteiger partial charge is 0.355 e. The second kappa shape index (κ2) is 15.0. The highest BCUT2D eigenvalue weighted by Crippen LogP contribution is 2.43. The first-order valence-electron chi connectivity index (χ1n) is 18.5. The van der Waals surface area contributed by atoms with Crippen molar-refractivity contribution in [2.24, 2.45) is 11.7 Å². The molecule has 10 rings (SSSR count). The maximum atomic E-state index is 7.33. The van der Waals surface area contributed by atoms with Crippen molar-refractivity contribution in [3.63, 3.8) is 0 Å². The molecule has 9 aromatic heterocycles. The van der Waals surface area contributed by atoms with Crippen molar-refractivity contribution in [1.82, 2.24) is 69.4 Å². The van der Waals surface area contributed by atoms with E-state index in [4.69, 9.17) is 48.9 Å². The number of imidazole rings is 1. The molecule has 0 saturated carbocycles. The normalized spacial score (nSPS) is 16.6. The molecule has 0 aliphatic carbocycles. The molecule has 4 N–H and O–H groups in total. The van der Waals surface area contributed by atoms with Gasteiger partial charge in [-0.25, -0.2) is 44.9 Å². The summed E-state index contributed by atoms with van der Waals surface area (Å²) in [5, 5.41) is 3.69. The van der Waals surface area contributed by atoms with E-state index in [0.29, 0.717) is 84.7 Å². The van der Waals surface area contributed by atoms with Crippen LogP contribution in [0.5, 0.6) is 0 Å². The van der Waals surface area contributed by atoms with Gasteiger partial charge in [0, 0.05) is 95.8 Å². The summed E-state index contributed by atoms with van der Waals surface area (Å²) in [6.07, 6.45) is 16.7. The van der Waals surface area contributed by atoms with Crippen LogP contribution in [0, 0.1) is 5.92 Å². The van der Waals surface area contributed by atoms with E-state index in [1.807, 2.05) is 22.9 Å². The number of hydrogen-bond donors (Lipinski definition) is 3. The van der Waals surface area contributed by atoms with Crippen molar-refractivity contribution < 1.29 is 0 Å². The number of nitrogens with one attached hydrogen (secondary N) is 2. The van der Waals surface area contributed by atoms with Crippen LogP contribution in [0.15, 0.2) is 88.1 Å². The summed E-state index contributed by atoms with van der Waals surface area (Å²) in [7, 11) is 0. The fourth-order valence-corrected chi connectivity index (χ4v) is 9.75. The van der Waals surface area contributed by atoms with Crippen LogP contribution in [-0.4, -0.2) is 88.5 Å². The summed E-state index contributed by atoms with van der Waals surface area (Å²) in [4.78, 5) is 61.6. The van der Waals surface area contributed by atoms with Crippen molar-refractivity contribution in [3.05, 3.63) is 89.5 Å². The number of aryl methyl sites for hydroxylation is 1.